The zero-order valence-electron chi connectivity index (χ0n) is 15.7. The molecule has 3 aromatic rings. The van der Waals surface area contributed by atoms with E-state index in [1.54, 1.807) is 15.8 Å². The molecule has 1 aliphatic rings. The van der Waals surface area contributed by atoms with E-state index < -0.39 is 17.7 Å². The molecular formula is C19H19F2N7O. The molecule has 0 radical (unpaired) electrons. The summed E-state index contributed by atoms with van der Waals surface area (Å²) >= 11 is 0. The van der Waals surface area contributed by atoms with Gasteiger partial charge in [-0.1, -0.05) is 0 Å². The molecular weight excluding hydrogens is 380 g/mol. The molecule has 0 aliphatic carbocycles. The lowest BCUT2D eigenvalue weighted by atomic mass is 10.3. The summed E-state index contributed by atoms with van der Waals surface area (Å²) in [6.45, 7) is 3.85. The number of carbonyl (C=O) groups is 1. The second-order valence-corrected chi connectivity index (χ2v) is 6.64. The van der Waals surface area contributed by atoms with Crippen molar-refractivity contribution in [3.8, 4) is 5.82 Å². The fraction of sp³-hybridized carbons (Fsp3) is 0.263. The summed E-state index contributed by atoms with van der Waals surface area (Å²) in [4.78, 5) is 25.0. The third-order valence-corrected chi connectivity index (χ3v) is 4.55. The lowest BCUT2D eigenvalue weighted by Crippen LogP contribution is -2.50. The Balaban J connectivity index is 1.41. The minimum absolute atomic E-state index is 0.0882. The lowest BCUT2D eigenvalue weighted by Gasteiger charge is -2.35. The zero-order chi connectivity index (χ0) is 20.4. The van der Waals surface area contributed by atoms with Crippen LogP contribution in [0.15, 0.2) is 42.7 Å². The molecule has 3 heterocycles. The first-order valence-corrected chi connectivity index (χ1v) is 9.10. The Morgan fingerprint density at radius 2 is 1.69 bits per heavy atom. The van der Waals surface area contributed by atoms with E-state index in [1.165, 1.54) is 0 Å². The molecule has 4 rings (SSSR count). The summed E-state index contributed by atoms with van der Waals surface area (Å²) in [6, 6.07) is 6.20. The number of nitrogens with one attached hydrogen (secondary N) is 1. The minimum Gasteiger partial charge on any atom is -0.353 e. The van der Waals surface area contributed by atoms with Crippen LogP contribution in [0.5, 0.6) is 0 Å². The van der Waals surface area contributed by atoms with Crippen molar-refractivity contribution < 1.29 is 13.6 Å². The number of amides is 2. The predicted octanol–water partition coefficient (Wildman–Crippen LogP) is 2.60. The molecule has 0 unspecified atom stereocenters. The number of nitrogens with zero attached hydrogens (tertiary/aromatic N) is 6. The number of anilines is 2. The molecule has 0 atom stereocenters. The number of piperazine rings is 1. The summed E-state index contributed by atoms with van der Waals surface area (Å²) in [6.07, 6.45) is 3.49. The van der Waals surface area contributed by atoms with Crippen molar-refractivity contribution in [3.63, 3.8) is 0 Å². The number of rotatable bonds is 3. The van der Waals surface area contributed by atoms with Gasteiger partial charge < -0.3 is 15.1 Å². The normalized spacial score (nSPS) is 14.2. The summed E-state index contributed by atoms with van der Waals surface area (Å²) in [5, 5.41) is 6.73. The van der Waals surface area contributed by atoms with Gasteiger partial charge in [0.2, 0.25) is 0 Å². The average molecular weight is 399 g/mol. The first-order chi connectivity index (χ1) is 14.0. The first kappa shape index (κ1) is 18.8. The van der Waals surface area contributed by atoms with E-state index in [0.717, 1.165) is 24.0 Å². The third kappa shape index (κ3) is 4.31. The Morgan fingerprint density at radius 1 is 1.00 bits per heavy atom. The molecule has 2 aromatic heterocycles. The molecule has 29 heavy (non-hydrogen) atoms. The number of halogens is 2. The van der Waals surface area contributed by atoms with Crippen LogP contribution in [0.2, 0.25) is 0 Å². The molecule has 10 heteroatoms. The number of aromatic nitrogens is 4. The zero-order valence-corrected chi connectivity index (χ0v) is 15.7. The summed E-state index contributed by atoms with van der Waals surface area (Å²) < 4.78 is 28.3. The minimum atomic E-state index is -0.739. The van der Waals surface area contributed by atoms with E-state index in [0.29, 0.717) is 37.8 Å². The van der Waals surface area contributed by atoms with Crippen molar-refractivity contribution in [2.45, 2.75) is 6.92 Å². The second-order valence-electron chi connectivity index (χ2n) is 6.64. The molecule has 1 aliphatic heterocycles. The highest BCUT2D eigenvalue weighted by molar-refractivity contribution is 5.89. The van der Waals surface area contributed by atoms with Gasteiger partial charge in [-0.05, 0) is 25.1 Å². The van der Waals surface area contributed by atoms with Crippen LogP contribution in [-0.2, 0) is 0 Å². The number of aryl methyl sites for hydroxylation is 1. The van der Waals surface area contributed by atoms with Crippen molar-refractivity contribution in [2.75, 3.05) is 36.4 Å². The summed E-state index contributed by atoms with van der Waals surface area (Å²) in [5.41, 5.74) is 0.0882. The maximum Gasteiger partial charge on any atom is 0.321 e. The van der Waals surface area contributed by atoms with Crippen molar-refractivity contribution in [2.24, 2.45) is 0 Å². The maximum absolute atomic E-state index is 13.3. The molecule has 0 saturated carbocycles. The van der Waals surface area contributed by atoms with Gasteiger partial charge in [-0.15, -0.1) is 0 Å². The summed E-state index contributed by atoms with van der Waals surface area (Å²) in [7, 11) is 0. The largest absolute Gasteiger partial charge is 0.353 e. The van der Waals surface area contributed by atoms with Gasteiger partial charge in [0.05, 0.1) is 0 Å². The van der Waals surface area contributed by atoms with Crippen molar-refractivity contribution in [1.29, 1.82) is 0 Å². The smallest absolute Gasteiger partial charge is 0.321 e. The Labute approximate surface area is 165 Å². The highest BCUT2D eigenvalue weighted by Gasteiger charge is 2.23. The van der Waals surface area contributed by atoms with Gasteiger partial charge in [-0.25, -0.2) is 28.2 Å². The molecule has 1 N–H and O–H groups in total. The van der Waals surface area contributed by atoms with Crippen LogP contribution in [0.3, 0.4) is 0 Å². The van der Waals surface area contributed by atoms with Crippen molar-refractivity contribution in [1.82, 2.24) is 24.6 Å². The molecule has 1 aromatic carbocycles. The SMILES string of the molecule is Cc1nc(N2CCN(C(=O)Nc3cc(F)cc(F)c3)CC2)cc(-n2cccn2)n1. The van der Waals surface area contributed by atoms with Gasteiger partial charge in [0.25, 0.3) is 0 Å². The fourth-order valence-electron chi connectivity index (χ4n) is 3.19. The Hall–Kier alpha value is -3.56. The Morgan fingerprint density at radius 3 is 2.34 bits per heavy atom. The van der Waals surface area contributed by atoms with Crippen LogP contribution in [-0.4, -0.2) is 56.9 Å². The third-order valence-electron chi connectivity index (χ3n) is 4.55. The number of urea groups is 1. The topological polar surface area (TPSA) is 79.2 Å². The van der Waals surface area contributed by atoms with Crippen LogP contribution in [0, 0.1) is 18.6 Å². The van der Waals surface area contributed by atoms with Crippen LogP contribution in [0.4, 0.5) is 25.1 Å². The molecule has 1 saturated heterocycles. The number of carbonyl (C=O) groups excluding carboxylic acids is 1. The van der Waals surface area contributed by atoms with Gasteiger partial charge in [0.15, 0.2) is 5.82 Å². The summed E-state index contributed by atoms with van der Waals surface area (Å²) in [5.74, 6) is 0.580. The standard InChI is InChI=1S/C19H19F2N7O/c1-13-23-17(12-18(24-13)28-4-2-3-22-28)26-5-7-27(8-6-26)19(29)25-16-10-14(20)9-15(21)11-16/h2-4,9-12H,5-8H2,1H3,(H,25,29). The van der Waals surface area contributed by atoms with Crippen molar-refractivity contribution >= 4 is 17.5 Å². The second kappa shape index (κ2) is 7.82. The van der Waals surface area contributed by atoms with E-state index >= 15 is 0 Å². The molecule has 1 fully saturated rings. The maximum atomic E-state index is 13.3. The van der Waals surface area contributed by atoms with Gasteiger partial charge in [-0.3, -0.25) is 0 Å². The van der Waals surface area contributed by atoms with E-state index in [2.05, 4.69) is 25.3 Å². The van der Waals surface area contributed by atoms with Gasteiger partial charge in [0, 0.05) is 56.4 Å². The number of hydrogen-bond acceptors (Lipinski definition) is 5. The number of benzene rings is 1. The Bertz CT molecular complexity index is 997. The van der Waals surface area contributed by atoms with E-state index in [9.17, 15) is 13.6 Å². The van der Waals surface area contributed by atoms with Gasteiger partial charge in [0.1, 0.15) is 23.3 Å². The fourth-order valence-corrected chi connectivity index (χ4v) is 3.19. The molecule has 0 bridgehead atoms. The van der Waals surface area contributed by atoms with E-state index in [1.807, 2.05) is 25.3 Å². The average Bonchev–Trinajstić information content (AvgIpc) is 3.22. The van der Waals surface area contributed by atoms with Crippen LogP contribution in [0.25, 0.3) is 5.82 Å². The first-order valence-electron chi connectivity index (χ1n) is 9.10. The quantitative estimate of drug-likeness (QED) is 0.733. The molecule has 2 amide bonds. The van der Waals surface area contributed by atoms with Gasteiger partial charge in [-0.2, -0.15) is 5.10 Å². The highest BCUT2D eigenvalue weighted by Crippen LogP contribution is 2.18. The van der Waals surface area contributed by atoms with Gasteiger partial charge >= 0.3 is 6.03 Å². The molecule has 150 valence electrons. The van der Waals surface area contributed by atoms with E-state index in [-0.39, 0.29) is 5.69 Å². The lowest BCUT2D eigenvalue weighted by molar-refractivity contribution is 0.208. The monoisotopic (exact) mass is 399 g/mol. The highest BCUT2D eigenvalue weighted by atomic mass is 19.1. The Kier molecular flexibility index (Phi) is 5.07. The molecule has 0 spiro atoms. The molecule has 8 nitrogen and oxygen atoms in total. The van der Waals surface area contributed by atoms with Crippen LogP contribution in [0.1, 0.15) is 5.82 Å². The predicted molar refractivity (Wildman–Crippen MR) is 103 cm³/mol. The van der Waals surface area contributed by atoms with Crippen LogP contribution >= 0.6 is 0 Å². The van der Waals surface area contributed by atoms with Crippen LogP contribution < -0.4 is 10.2 Å². The van der Waals surface area contributed by atoms with E-state index in [4.69, 9.17) is 0 Å². The number of hydrogen-bond donors (Lipinski definition) is 1. The van der Waals surface area contributed by atoms with Crippen molar-refractivity contribution in [3.05, 3.63) is 60.2 Å².